The van der Waals surface area contributed by atoms with Crippen LogP contribution in [0.5, 0.6) is 0 Å². The van der Waals surface area contributed by atoms with Gasteiger partial charge >= 0.3 is 5.97 Å². The van der Waals surface area contributed by atoms with Crippen LogP contribution in [0, 0.1) is 0 Å². The normalized spacial score (nSPS) is 12.1. The quantitative estimate of drug-likeness (QED) is 0.642. The summed E-state index contributed by atoms with van der Waals surface area (Å²) in [5.74, 6) is -1.38. The third kappa shape index (κ3) is 3.42. The highest BCUT2D eigenvalue weighted by Crippen LogP contribution is 2.23. The number of nitrogens with zero attached hydrogens (tertiary/aromatic N) is 1. The number of hydrogen-bond acceptors (Lipinski definition) is 3. The summed E-state index contributed by atoms with van der Waals surface area (Å²) < 4.78 is 1.75. The Morgan fingerprint density at radius 2 is 1.85 bits per heavy atom. The number of carboxylic acid groups (broad SMARTS) is 1. The fourth-order valence-corrected chi connectivity index (χ4v) is 3.04. The van der Waals surface area contributed by atoms with Crippen LogP contribution in [0.3, 0.4) is 0 Å². The van der Waals surface area contributed by atoms with Crippen molar-refractivity contribution in [2.24, 2.45) is 7.05 Å². The Kier molecular flexibility index (Phi) is 4.97. The second-order valence-electron chi connectivity index (χ2n) is 5.93. The lowest BCUT2D eigenvalue weighted by Gasteiger charge is -2.17. The molecule has 0 saturated heterocycles. The molecule has 0 saturated carbocycles. The van der Waals surface area contributed by atoms with Crippen LogP contribution in [0.2, 0.25) is 5.02 Å². The summed E-state index contributed by atoms with van der Waals surface area (Å²) in [6.45, 7) is -0.312. The van der Waals surface area contributed by atoms with Crippen molar-refractivity contribution in [3.8, 4) is 0 Å². The van der Waals surface area contributed by atoms with Crippen LogP contribution in [0.1, 0.15) is 32.5 Å². The van der Waals surface area contributed by atoms with Gasteiger partial charge in [-0.25, -0.2) is 4.79 Å². The number of aliphatic hydroxyl groups excluding tert-OH is 1. The fourth-order valence-electron chi connectivity index (χ4n) is 2.86. The van der Waals surface area contributed by atoms with Crippen LogP contribution in [0.15, 0.2) is 48.5 Å². The van der Waals surface area contributed by atoms with E-state index in [2.05, 4.69) is 5.32 Å². The average molecular weight is 373 g/mol. The molecule has 2 aromatic carbocycles. The second-order valence-corrected chi connectivity index (χ2v) is 6.36. The van der Waals surface area contributed by atoms with Crippen LogP contribution in [0.25, 0.3) is 10.9 Å². The van der Waals surface area contributed by atoms with E-state index in [0.29, 0.717) is 16.3 Å². The molecule has 1 heterocycles. The van der Waals surface area contributed by atoms with Gasteiger partial charge in [0.1, 0.15) is 5.69 Å². The molecule has 0 unspecified atom stereocenters. The van der Waals surface area contributed by atoms with Crippen molar-refractivity contribution in [3.63, 3.8) is 0 Å². The molecule has 7 heteroatoms. The standard InChI is InChI=1S/C19H17ClN2O4/c1-22-16-7-6-14(20)8-13(16)9-17(22)18(24)21-15(10-23)11-2-4-12(5-3-11)19(25)26/h2-9,15,23H,10H2,1H3,(H,21,24)(H,25,26)/t15-/m0/s1. The Bertz CT molecular complexity index is 979. The van der Waals surface area contributed by atoms with Gasteiger partial charge in [0.15, 0.2) is 0 Å². The van der Waals surface area contributed by atoms with Crippen molar-refractivity contribution in [3.05, 3.63) is 70.4 Å². The van der Waals surface area contributed by atoms with Gasteiger partial charge in [-0.1, -0.05) is 23.7 Å². The maximum absolute atomic E-state index is 12.7. The summed E-state index contributed by atoms with van der Waals surface area (Å²) in [7, 11) is 1.78. The van der Waals surface area contributed by atoms with Crippen molar-refractivity contribution in [2.75, 3.05) is 6.61 Å². The minimum absolute atomic E-state index is 0.141. The van der Waals surface area contributed by atoms with E-state index < -0.39 is 12.0 Å². The number of carbonyl (C=O) groups is 2. The molecule has 3 rings (SSSR count). The summed E-state index contributed by atoms with van der Waals surface area (Å²) >= 11 is 6.00. The second kappa shape index (κ2) is 7.19. The van der Waals surface area contributed by atoms with Gasteiger partial charge in [0.05, 0.1) is 18.2 Å². The van der Waals surface area contributed by atoms with E-state index in [1.807, 2.05) is 6.07 Å². The first-order valence-electron chi connectivity index (χ1n) is 7.90. The number of hydrogen-bond donors (Lipinski definition) is 3. The Balaban J connectivity index is 1.85. The monoisotopic (exact) mass is 372 g/mol. The smallest absolute Gasteiger partial charge is 0.335 e. The molecule has 1 aromatic heterocycles. The Labute approximate surface area is 154 Å². The van der Waals surface area contributed by atoms with Gasteiger partial charge in [-0.15, -0.1) is 0 Å². The Morgan fingerprint density at radius 3 is 2.46 bits per heavy atom. The maximum Gasteiger partial charge on any atom is 0.335 e. The van der Waals surface area contributed by atoms with Crippen molar-refractivity contribution in [1.29, 1.82) is 0 Å². The lowest BCUT2D eigenvalue weighted by atomic mass is 10.1. The number of aryl methyl sites for hydroxylation is 1. The van der Waals surface area contributed by atoms with E-state index in [1.54, 1.807) is 41.9 Å². The van der Waals surface area contributed by atoms with Crippen LogP contribution in [0.4, 0.5) is 0 Å². The summed E-state index contributed by atoms with van der Waals surface area (Å²) in [6, 6.07) is 12.5. The van der Waals surface area contributed by atoms with Crippen molar-refractivity contribution in [1.82, 2.24) is 9.88 Å². The molecule has 0 radical (unpaired) electrons. The van der Waals surface area contributed by atoms with Gasteiger partial charge in [0.2, 0.25) is 0 Å². The largest absolute Gasteiger partial charge is 0.478 e. The fraction of sp³-hybridized carbons (Fsp3) is 0.158. The summed E-state index contributed by atoms with van der Waals surface area (Å²) in [6.07, 6.45) is 0. The van der Waals surface area contributed by atoms with Crippen LogP contribution < -0.4 is 5.32 Å². The molecular weight excluding hydrogens is 356 g/mol. The van der Waals surface area contributed by atoms with Crippen LogP contribution >= 0.6 is 11.6 Å². The first-order valence-corrected chi connectivity index (χ1v) is 8.28. The van der Waals surface area contributed by atoms with Crippen LogP contribution in [-0.4, -0.2) is 33.3 Å². The number of benzene rings is 2. The minimum Gasteiger partial charge on any atom is -0.478 e. The highest BCUT2D eigenvalue weighted by Gasteiger charge is 2.19. The number of amides is 1. The molecule has 6 nitrogen and oxygen atoms in total. The molecule has 1 amide bonds. The van der Waals surface area contributed by atoms with Crippen LogP contribution in [-0.2, 0) is 7.05 Å². The van der Waals surface area contributed by atoms with Gasteiger partial charge < -0.3 is 20.1 Å². The Morgan fingerprint density at radius 1 is 1.15 bits per heavy atom. The summed E-state index contributed by atoms with van der Waals surface area (Å²) in [4.78, 5) is 23.6. The zero-order valence-corrected chi connectivity index (χ0v) is 14.7. The molecule has 3 N–H and O–H groups in total. The number of nitrogens with one attached hydrogen (secondary N) is 1. The van der Waals surface area contributed by atoms with Gasteiger partial charge in [-0.3, -0.25) is 4.79 Å². The predicted molar refractivity (Wildman–Crippen MR) is 98.6 cm³/mol. The molecule has 3 aromatic rings. The molecule has 0 spiro atoms. The molecule has 1 atom stereocenters. The highest BCUT2D eigenvalue weighted by molar-refractivity contribution is 6.31. The van der Waals surface area contributed by atoms with Gasteiger partial charge in [0, 0.05) is 23.0 Å². The number of aromatic nitrogens is 1. The number of fused-ring (bicyclic) bond motifs is 1. The van der Waals surface area contributed by atoms with E-state index in [9.17, 15) is 14.7 Å². The third-order valence-corrected chi connectivity index (χ3v) is 4.52. The molecule has 26 heavy (non-hydrogen) atoms. The van der Waals surface area contributed by atoms with Gasteiger partial charge in [0.25, 0.3) is 5.91 Å². The molecule has 0 aliphatic rings. The lowest BCUT2D eigenvalue weighted by Crippen LogP contribution is -2.32. The summed E-state index contributed by atoms with van der Waals surface area (Å²) in [5.41, 5.74) is 2.06. The number of carbonyl (C=O) groups excluding carboxylic acids is 1. The molecular formula is C19H17ClN2O4. The lowest BCUT2D eigenvalue weighted by molar-refractivity contribution is 0.0696. The number of aliphatic hydroxyl groups is 1. The number of rotatable bonds is 5. The molecule has 0 bridgehead atoms. The zero-order valence-electron chi connectivity index (χ0n) is 13.9. The van der Waals surface area contributed by atoms with Gasteiger partial charge in [-0.05, 0) is 42.0 Å². The molecule has 0 aliphatic carbocycles. The third-order valence-electron chi connectivity index (χ3n) is 4.29. The molecule has 134 valence electrons. The van der Waals surface area contributed by atoms with E-state index in [1.165, 1.54) is 12.1 Å². The van der Waals surface area contributed by atoms with Gasteiger partial charge in [-0.2, -0.15) is 0 Å². The SMILES string of the molecule is Cn1c(C(=O)N[C@@H](CO)c2ccc(C(=O)O)cc2)cc2cc(Cl)ccc21. The van der Waals surface area contributed by atoms with E-state index in [-0.39, 0.29) is 18.1 Å². The number of aromatic carboxylic acids is 1. The van der Waals surface area contributed by atoms with E-state index in [0.717, 1.165) is 10.9 Å². The first-order chi connectivity index (χ1) is 12.4. The summed E-state index contributed by atoms with van der Waals surface area (Å²) in [5, 5.41) is 22.8. The topological polar surface area (TPSA) is 91.6 Å². The zero-order chi connectivity index (χ0) is 18.8. The molecule has 0 aliphatic heterocycles. The van der Waals surface area contributed by atoms with Crippen molar-refractivity contribution < 1.29 is 19.8 Å². The first kappa shape index (κ1) is 18.0. The Hall–Kier alpha value is -2.83. The average Bonchev–Trinajstić information content (AvgIpc) is 2.95. The van der Waals surface area contributed by atoms with Crippen molar-refractivity contribution >= 4 is 34.4 Å². The highest BCUT2D eigenvalue weighted by atomic mass is 35.5. The van der Waals surface area contributed by atoms with E-state index >= 15 is 0 Å². The molecule has 0 fully saturated rings. The number of carboxylic acids is 1. The predicted octanol–water partition coefficient (Wildman–Crippen LogP) is 2.99. The van der Waals surface area contributed by atoms with E-state index in [4.69, 9.17) is 16.7 Å². The maximum atomic E-state index is 12.7. The minimum atomic E-state index is -1.03. The number of halogens is 1. The van der Waals surface area contributed by atoms with Crippen molar-refractivity contribution in [2.45, 2.75) is 6.04 Å².